The average Bonchev–Trinajstić information content (AvgIpc) is 2.03. The Morgan fingerprint density at radius 3 is 3.00 bits per heavy atom. The summed E-state index contributed by atoms with van der Waals surface area (Å²) in [6.45, 7) is 0.885. The molecule has 1 saturated heterocycles. The predicted molar refractivity (Wildman–Crippen MR) is 37.8 cm³/mol. The second kappa shape index (κ2) is 4.33. The summed E-state index contributed by atoms with van der Waals surface area (Å²) in [6.07, 6.45) is -2.88. The third kappa shape index (κ3) is 2.72. The fourth-order valence-corrected chi connectivity index (χ4v) is 1.14. The Morgan fingerprint density at radius 2 is 2.42 bits per heavy atom. The van der Waals surface area contributed by atoms with Crippen LogP contribution in [0.1, 0.15) is 0 Å². The monoisotopic (exact) mass is 176 g/mol. The summed E-state index contributed by atoms with van der Waals surface area (Å²) in [5.41, 5.74) is 0. The fraction of sp³-hybridized carbons (Fsp3) is 0.857. The van der Waals surface area contributed by atoms with Crippen molar-refractivity contribution in [3.63, 3.8) is 0 Å². The molecule has 0 amide bonds. The van der Waals surface area contributed by atoms with Gasteiger partial charge in [-0.2, -0.15) is 5.26 Å². The molecule has 12 heavy (non-hydrogen) atoms. The molecule has 1 atom stereocenters. The molecular formula is C7H10F2N2O. The Balaban J connectivity index is 2.32. The molecule has 1 fully saturated rings. The number of rotatable bonds is 2. The van der Waals surface area contributed by atoms with Gasteiger partial charge in [-0.1, -0.05) is 0 Å². The molecule has 0 saturated carbocycles. The van der Waals surface area contributed by atoms with Crippen molar-refractivity contribution in [1.82, 2.24) is 4.90 Å². The number of hydrogen-bond donors (Lipinski definition) is 0. The summed E-state index contributed by atoms with van der Waals surface area (Å²) in [5.74, 6) is 0. The van der Waals surface area contributed by atoms with Gasteiger partial charge in [-0.15, -0.1) is 0 Å². The van der Waals surface area contributed by atoms with Gasteiger partial charge in [0.15, 0.2) is 6.10 Å². The molecule has 0 bridgehead atoms. The predicted octanol–water partition coefficient (Wildman–Crippen LogP) is 0.476. The van der Waals surface area contributed by atoms with E-state index in [1.54, 1.807) is 4.90 Å². The van der Waals surface area contributed by atoms with Gasteiger partial charge in [-0.25, -0.2) is 8.78 Å². The van der Waals surface area contributed by atoms with Crippen LogP contribution in [0.15, 0.2) is 0 Å². The van der Waals surface area contributed by atoms with Gasteiger partial charge in [-0.05, 0) is 0 Å². The van der Waals surface area contributed by atoms with Crippen LogP contribution in [0, 0.1) is 11.3 Å². The minimum absolute atomic E-state index is 0.262. The van der Waals surface area contributed by atoms with Crippen LogP contribution in [0.3, 0.4) is 0 Å². The molecule has 1 aliphatic rings. The van der Waals surface area contributed by atoms with E-state index in [2.05, 4.69) is 0 Å². The molecule has 0 aromatic heterocycles. The molecule has 0 N–H and O–H groups in total. The van der Waals surface area contributed by atoms with Crippen LogP contribution in [0.4, 0.5) is 8.78 Å². The van der Waals surface area contributed by atoms with Crippen LogP contribution < -0.4 is 0 Å². The van der Waals surface area contributed by atoms with Crippen molar-refractivity contribution in [2.24, 2.45) is 0 Å². The highest BCUT2D eigenvalue weighted by atomic mass is 19.3. The normalized spacial score (nSPS) is 25.7. The van der Waals surface area contributed by atoms with Crippen molar-refractivity contribution >= 4 is 0 Å². The van der Waals surface area contributed by atoms with Crippen LogP contribution in [0.2, 0.25) is 0 Å². The van der Waals surface area contributed by atoms with Crippen LogP contribution >= 0.6 is 0 Å². The maximum Gasteiger partial charge on any atom is 0.251 e. The lowest BCUT2D eigenvalue weighted by molar-refractivity contribution is -0.0210. The lowest BCUT2D eigenvalue weighted by atomic mass is 10.3. The molecule has 0 aliphatic carbocycles. The second-order valence-corrected chi connectivity index (χ2v) is 2.64. The molecule has 1 rings (SSSR count). The minimum atomic E-state index is -2.33. The Hall–Kier alpha value is -0.730. The van der Waals surface area contributed by atoms with E-state index in [1.165, 1.54) is 0 Å². The van der Waals surface area contributed by atoms with E-state index in [4.69, 9.17) is 10.00 Å². The summed E-state index contributed by atoms with van der Waals surface area (Å²) >= 11 is 0. The Kier molecular flexibility index (Phi) is 3.38. The van der Waals surface area contributed by atoms with Crippen molar-refractivity contribution < 1.29 is 13.5 Å². The third-order valence-electron chi connectivity index (χ3n) is 1.69. The second-order valence-electron chi connectivity index (χ2n) is 2.64. The highest BCUT2D eigenvalue weighted by Gasteiger charge is 2.21. The number of nitriles is 1. The molecule has 5 heteroatoms. The van der Waals surface area contributed by atoms with E-state index in [9.17, 15) is 8.78 Å². The molecule has 3 nitrogen and oxygen atoms in total. The van der Waals surface area contributed by atoms with Gasteiger partial charge < -0.3 is 4.74 Å². The molecular weight excluding hydrogens is 166 g/mol. The van der Waals surface area contributed by atoms with Gasteiger partial charge in [0.2, 0.25) is 0 Å². The van der Waals surface area contributed by atoms with Crippen molar-refractivity contribution in [2.75, 3.05) is 26.2 Å². The van der Waals surface area contributed by atoms with Crippen molar-refractivity contribution in [1.29, 1.82) is 5.26 Å². The standard InChI is InChI=1S/C7H10F2N2O/c8-7(9)5-11-1-2-12-6(3-10)4-11/h6-7H,1-2,4-5H2. The van der Waals surface area contributed by atoms with Gasteiger partial charge >= 0.3 is 0 Å². The highest BCUT2D eigenvalue weighted by Crippen LogP contribution is 2.06. The SMILES string of the molecule is N#CC1CN(CC(F)F)CCO1. The zero-order valence-electron chi connectivity index (χ0n) is 6.54. The van der Waals surface area contributed by atoms with E-state index in [1.807, 2.05) is 6.07 Å². The minimum Gasteiger partial charge on any atom is -0.361 e. The number of morpholine rings is 1. The van der Waals surface area contributed by atoms with Crippen LogP contribution in [-0.4, -0.2) is 43.7 Å². The third-order valence-corrected chi connectivity index (χ3v) is 1.69. The fourth-order valence-electron chi connectivity index (χ4n) is 1.14. The lowest BCUT2D eigenvalue weighted by Gasteiger charge is -2.28. The van der Waals surface area contributed by atoms with E-state index < -0.39 is 12.5 Å². The maximum absolute atomic E-state index is 11.9. The molecule has 0 aromatic carbocycles. The zero-order valence-corrected chi connectivity index (χ0v) is 6.54. The summed E-state index contributed by atoms with van der Waals surface area (Å²) in [6, 6.07) is 1.90. The number of hydrogen-bond acceptors (Lipinski definition) is 3. The number of halogens is 2. The summed E-state index contributed by atoms with van der Waals surface area (Å²) in [5, 5.41) is 8.45. The first-order valence-corrected chi connectivity index (χ1v) is 3.74. The average molecular weight is 176 g/mol. The van der Waals surface area contributed by atoms with Gasteiger partial charge in [0.05, 0.1) is 19.2 Å². The van der Waals surface area contributed by atoms with Crippen molar-refractivity contribution in [3.8, 4) is 6.07 Å². The maximum atomic E-state index is 11.9. The first kappa shape index (κ1) is 9.36. The van der Waals surface area contributed by atoms with E-state index in [0.717, 1.165) is 0 Å². The van der Waals surface area contributed by atoms with E-state index in [0.29, 0.717) is 19.7 Å². The molecule has 1 aliphatic heterocycles. The van der Waals surface area contributed by atoms with E-state index in [-0.39, 0.29) is 6.54 Å². The first-order chi connectivity index (χ1) is 5.72. The Morgan fingerprint density at radius 1 is 1.67 bits per heavy atom. The van der Waals surface area contributed by atoms with Crippen LogP contribution in [0.25, 0.3) is 0 Å². The van der Waals surface area contributed by atoms with Crippen LogP contribution in [0.5, 0.6) is 0 Å². The topological polar surface area (TPSA) is 36.3 Å². The Bertz CT molecular complexity index is 181. The molecule has 68 valence electrons. The summed E-state index contributed by atoms with van der Waals surface area (Å²) in [7, 11) is 0. The molecule has 0 spiro atoms. The summed E-state index contributed by atoms with van der Waals surface area (Å²) < 4.78 is 28.8. The molecule has 0 aromatic rings. The smallest absolute Gasteiger partial charge is 0.251 e. The highest BCUT2D eigenvalue weighted by molar-refractivity contribution is 4.89. The van der Waals surface area contributed by atoms with Crippen molar-refractivity contribution in [3.05, 3.63) is 0 Å². The quantitative estimate of drug-likeness (QED) is 0.613. The Labute approximate surface area is 69.5 Å². The van der Waals surface area contributed by atoms with Gasteiger partial charge in [0, 0.05) is 13.1 Å². The molecule has 1 heterocycles. The number of nitrogens with zero attached hydrogens (tertiary/aromatic N) is 2. The largest absolute Gasteiger partial charge is 0.361 e. The van der Waals surface area contributed by atoms with E-state index >= 15 is 0 Å². The molecule has 0 radical (unpaired) electrons. The van der Waals surface area contributed by atoms with Crippen LogP contribution in [-0.2, 0) is 4.74 Å². The van der Waals surface area contributed by atoms with Gasteiger partial charge in [-0.3, -0.25) is 4.90 Å². The zero-order chi connectivity index (χ0) is 8.97. The lowest BCUT2D eigenvalue weighted by Crippen LogP contribution is -2.43. The number of ether oxygens (including phenoxy) is 1. The first-order valence-electron chi connectivity index (χ1n) is 3.74. The molecule has 1 unspecified atom stereocenters. The number of alkyl halides is 2. The van der Waals surface area contributed by atoms with Gasteiger partial charge in [0.25, 0.3) is 6.43 Å². The van der Waals surface area contributed by atoms with Gasteiger partial charge in [0.1, 0.15) is 0 Å². The summed E-state index contributed by atoms with van der Waals surface area (Å²) in [4.78, 5) is 1.54. The van der Waals surface area contributed by atoms with Crippen molar-refractivity contribution in [2.45, 2.75) is 12.5 Å².